The number of pyridine rings is 1. The molecule has 1 rings (SSSR count). The third-order valence-corrected chi connectivity index (χ3v) is 2.27. The molecule has 0 aliphatic rings. The van der Waals surface area contributed by atoms with Crippen molar-refractivity contribution in [3.63, 3.8) is 0 Å². The number of rotatable bonds is 5. The Morgan fingerprint density at radius 2 is 2.06 bits per heavy atom. The molecule has 0 saturated carbocycles. The standard InChI is InChI=1S/C11H15N3O3/c1-7(11(16)17)14-10(15)9(12)6-8-2-4-13-5-3-8/h2-5,7,9H,6,12H2,1H3,(H,14,15)(H,16,17)/t7-,9-/m0/s1. The van der Waals surface area contributed by atoms with Gasteiger partial charge in [-0.3, -0.25) is 14.6 Å². The molecule has 0 aliphatic carbocycles. The van der Waals surface area contributed by atoms with Crippen LogP contribution in [0.25, 0.3) is 0 Å². The van der Waals surface area contributed by atoms with Crippen LogP contribution in [0.2, 0.25) is 0 Å². The first-order chi connectivity index (χ1) is 8.00. The van der Waals surface area contributed by atoms with E-state index in [0.29, 0.717) is 6.42 Å². The maximum absolute atomic E-state index is 11.5. The molecule has 6 nitrogen and oxygen atoms in total. The number of nitrogens with zero attached hydrogens (tertiary/aromatic N) is 1. The summed E-state index contributed by atoms with van der Waals surface area (Å²) < 4.78 is 0. The Kier molecular flexibility index (Phi) is 4.59. The lowest BCUT2D eigenvalue weighted by Crippen LogP contribution is -2.48. The van der Waals surface area contributed by atoms with Crippen molar-refractivity contribution in [2.24, 2.45) is 5.73 Å². The normalized spacial score (nSPS) is 13.8. The molecular formula is C11H15N3O3. The van der Waals surface area contributed by atoms with Gasteiger partial charge in [0.1, 0.15) is 6.04 Å². The first-order valence-corrected chi connectivity index (χ1v) is 5.18. The van der Waals surface area contributed by atoms with Crippen LogP contribution in [-0.4, -0.2) is 34.1 Å². The minimum absolute atomic E-state index is 0.348. The highest BCUT2D eigenvalue weighted by Crippen LogP contribution is 2.00. The van der Waals surface area contributed by atoms with E-state index in [0.717, 1.165) is 5.56 Å². The Labute approximate surface area is 98.8 Å². The second-order valence-corrected chi connectivity index (χ2v) is 3.73. The number of carboxylic acid groups (broad SMARTS) is 1. The zero-order valence-corrected chi connectivity index (χ0v) is 9.46. The van der Waals surface area contributed by atoms with Crippen molar-refractivity contribution < 1.29 is 14.7 Å². The molecule has 0 radical (unpaired) electrons. The molecule has 6 heteroatoms. The van der Waals surface area contributed by atoms with Crippen LogP contribution in [0.3, 0.4) is 0 Å². The number of carbonyl (C=O) groups excluding carboxylic acids is 1. The van der Waals surface area contributed by atoms with E-state index in [4.69, 9.17) is 10.8 Å². The molecule has 1 amide bonds. The number of nitrogens with two attached hydrogens (primary N) is 1. The molecule has 1 aromatic heterocycles. The summed E-state index contributed by atoms with van der Waals surface area (Å²) >= 11 is 0. The zero-order chi connectivity index (χ0) is 12.8. The summed E-state index contributed by atoms with van der Waals surface area (Å²) in [7, 11) is 0. The SMILES string of the molecule is C[C@H](NC(=O)[C@@H](N)Cc1ccncc1)C(=O)O. The second kappa shape index (κ2) is 5.95. The van der Waals surface area contributed by atoms with Crippen LogP contribution in [0.5, 0.6) is 0 Å². The number of aliphatic carboxylic acids is 1. The fourth-order valence-corrected chi connectivity index (χ4v) is 1.25. The lowest BCUT2D eigenvalue weighted by atomic mass is 10.1. The highest BCUT2D eigenvalue weighted by Gasteiger charge is 2.19. The molecule has 0 bridgehead atoms. The van der Waals surface area contributed by atoms with Crippen molar-refractivity contribution in [2.45, 2.75) is 25.4 Å². The van der Waals surface area contributed by atoms with E-state index >= 15 is 0 Å². The van der Waals surface area contributed by atoms with Gasteiger partial charge in [-0.05, 0) is 31.0 Å². The van der Waals surface area contributed by atoms with Crippen LogP contribution in [0.15, 0.2) is 24.5 Å². The van der Waals surface area contributed by atoms with Crippen molar-refractivity contribution >= 4 is 11.9 Å². The van der Waals surface area contributed by atoms with Gasteiger partial charge in [0.05, 0.1) is 6.04 Å². The van der Waals surface area contributed by atoms with Crippen molar-refractivity contribution in [3.8, 4) is 0 Å². The molecule has 1 heterocycles. The van der Waals surface area contributed by atoms with Gasteiger partial charge in [-0.25, -0.2) is 0 Å². The maximum atomic E-state index is 11.5. The van der Waals surface area contributed by atoms with Crippen LogP contribution in [0, 0.1) is 0 Å². The molecular weight excluding hydrogens is 222 g/mol. The van der Waals surface area contributed by atoms with Crippen LogP contribution >= 0.6 is 0 Å². The van der Waals surface area contributed by atoms with Gasteiger partial charge in [0.25, 0.3) is 0 Å². The third-order valence-electron chi connectivity index (χ3n) is 2.27. The monoisotopic (exact) mass is 237 g/mol. The molecule has 0 saturated heterocycles. The van der Waals surface area contributed by atoms with Gasteiger partial charge in [0, 0.05) is 12.4 Å². The average molecular weight is 237 g/mol. The van der Waals surface area contributed by atoms with Crippen molar-refractivity contribution in [3.05, 3.63) is 30.1 Å². The fourth-order valence-electron chi connectivity index (χ4n) is 1.25. The first-order valence-electron chi connectivity index (χ1n) is 5.18. The predicted molar refractivity (Wildman–Crippen MR) is 61.2 cm³/mol. The smallest absolute Gasteiger partial charge is 0.325 e. The van der Waals surface area contributed by atoms with Gasteiger partial charge < -0.3 is 16.2 Å². The summed E-state index contributed by atoms with van der Waals surface area (Å²) in [6, 6.07) is 1.81. The summed E-state index contributed by atoms with van der Waals surface area (Å²) in [4.78, 5) is 25.9. The van der Waals surface area contributed by atoms with Gasteiger partial charge in [0.2, 0.25) is 5.91 Å². The highest BCUT2D eigenvalue weighted by atomic mass is 16.4. The van der Waals surface area contributed by atoms with E-state index in [9.17, 15) is 9.59 Å². The Morgan fingerprint density at radius 1 is 1.47 bits per heavy atom. The molecule has 0 fully saturated rings. The van der Waals surface area contributed by atoms with Crippen LogP contribution in [0.1, 0.15) is 12.5 Å². The average Bonchev–Trinajstić information content (AvgIpc) is 2.29. The van der Waals surface area contributed by atoms with Crippen molar-refractivity contribution in [1.82, 2.24) is 10.3 Å². The van der Waals surface area contributed by atoms with E-state index in [-0.39, 0.29) is 0 Å². The van der Waals surface area contributed by atoms with Crippen LogP contribution in [0.4, 0.5) is 0 Å². The molecule has 0 aromatic carbocycles. The largest absolute Gasteiger partial charge is 0.480 e. The number of amides is 1. The molecule has 92 valence electrons. The quantitative estimate of drug-likeness (QED) is 0.642. The van der Waals surface area contributed by atoms with Gasteiger partial charge >= 0.3 is 5.97 Å². The molecule has 0 unspecified atom stereocenters. The summed E-state index contributed by atoms with van der Waals surface area (Å²) in [6.07, 6.45) is 3.57. The maximum Gasteiger partial charge on any atom is 0.325 e. The summed E-state index contributed by atoms with van der Waals surface area (Å²) in [5.41, 5.74) is 6.55. The van der Waals surface area contributed by atoms with Crippen molar-refractivity contribution in [1.29, 1.82) is 0 Å². The number of hydrogen-bond acceptors (Lipinski definition) is 4. The minimum atomic E-state index is -1.09. The van der Waals surface area contributed by atoms with Crippen molar-refractivity contribution in [2.75, 3.05) is 0 Å². The lowest BCUT2D eigenvalue weighted by Gasteiger charge is -2.14. The number of carboxylic acids is 1. The Bertz CT molecular complexity index is 394. The molecule has 17 heavy (non-hydrogen) atoms. The number of nitrogens with one attached hydrogen (secondary N) is 1. The summed E-state index contributed by atoms with van der Waals surface area (Å²) in [5.74, 6) is -1.56. The van der Waals surface area contributed by atoms with E-state index in [2.05, 4.69) is 10.3 Å². The lowest BCUT2D eigenvalue weighted by molar-refractivity contribution is -0.141. The van der Waals surface area contributed by atoms with E-state index < -0.39 is 24.0 Å². The zero-order valence-electron chi connectivity index (χ0n) is 9.46. The Hall–Kier alpha value is -1.95. The Morgan fingerprint density at radius 3 is 2.59 bits per heavy atom. The topological polar surface area (TPSA) is 105 Å². The van der Waals surface area contributed by atoms with Crippen LogP contribution < -0.4 is 11.1 Å². The second-order valence-electron chi connectivity index (χ2n) is 3.73. The number of hydrogen-bond donors (Lipinski definition) is 3. The van der Waals surface area contributed by atoms with Gasteiger partial charge in [-0.2, -0.15) is 0 Å². The number of carbonyl (C=O) groups is 2. The van der Waals surface area contributed by atoms with E-state index in [1.54, 1.807) is 24.5 Å². The van der Waals surface area contributed by atoms with E-state index in [1.165, 1.54) is 6.92 Å². The fraction of sp³-hybridized carbons (Fsp3) is 0.364. The van der Waals surface area contributed by atoms with Gasteiger partial charge in [-0.1, -0.05) is 0 Å². The molecule has 0 spiro atoms. The third kappa shape index (κ3) is 4.20. The molecule has 0 aliphatic heterocycles. The van der Waals surface area contributed by atoms with E-state index in [1.807, 2.05) is 0 Å². The highest BCUT2D eigenvalue weighted by molar-refractivity contribution is 5.86. The first kappa shape index (κ1) is 13.1. The van der Waals surface area contributed by atoms with Gasteiger partial charge in [-0.15, -0.1) is 0 Å². The van der Waals surface area contributed by atoms with Crippen LogP contribution in [-0.2, 0) is 16.0 Å². The molecule has 1 aromatic rings. The predicted octanol–water partition coefficient (Wildman–Crippen LogP) is -0.459. The molecule has 2 atom stereocenters. The minimum Gasteiger partial charge on any atom is -0.480 e. The summed E-state index contributed by atoms with van der Waals surface area (Å²) in [6.45, 7) is 1.39. The Balaban J connectivity index is 2.50. The molecule has 4 N–H and O–H groups in total. The summed E-state index contributed by atoms with van der Waals surface area (Å²) in [5, 5.41) is 11.0. The number of aromatic nitrogens is 1. The van der Waals surface area contributed by atoms with Gasteiger partial charge in [0.15, 0.2) is 0 Å².